The van der Waals surface area contributed by atoms with Crippen LogP contribution in [0.3, 0.4) is 0 Å². The highest BCUT2D eigenvalue weighted by Crippen LogP contribution is 2.21. The molecule has 2 N–H and O–H groups in total. The summed E-state index contributed by atoms with van der Waals surface area (Å²) >= 11 is 1.48. The zero-order valence-electron chi connectivity index (χ0n) is 11.8. The van der Waals surface area contributed by atoms with Crippen molar-refractivity contribution < 1.29 is 4.79 Å². The van der Waals surface area contributed by atoms with Crippen LogP contribution in [0.25, 0.3) is 0 Å². The largest absolute Gasteiger partial charge is 0.312 e. The van der Waals surface area contributed by atoms with Gasteiger partial charge in [-0.05, 0) is 26.7 Å². The Morgan fingerprint density at radius 1 is 1.44 bits per heavy atom. The number of nitrogens with zero attached hydrogens (tertiary/aromatic N) is 1. The molecular weight excluding hydrogens is 246 g/mol. The van der Waals surface area contributed by atoms with E-state index in [4.69, 9.17) is 0 Å². The van der Waals surface area contributed by atoms with Crippen LogP contribution in [0.4, 0.5) is 5.13 Å². The Balaban J connectivity index is 2.35. The van der Waals surface area contributed by atoms with Gasteiger partial charge < -0.3 is 10.6 Å². The van der Waals surface area contributed by atoms with E-state index in [2.05, 4.69) is 50.2 Å². The van der Waals surface area contributed by atoms with E-state index in [1.54, 1.807) is 0 Å². The van der Waals surface area contributed by atoms with Gasteiger partial charge in [-0.2, -0.15) is 0 Å². The maximum atomic E-state index is 11.7. The lowest BCUT2D eigenvalue weighted by Crippen LogP contribution is -2.37. The average Bonchev–Trinajstić information content (AvgIpc) is 2.64. The number of aromatic nitrogens is 1. The molecule has 0 spiro atoms. The maximum absolute atomic E-state index is 11.7. The SMILES string of the molecule is CC(C)c1csc(NC(=O)CCNC(C)(C)C)n1. The molecule has 0 aliphatic carbocycles. The number of carbonyl (C=O) groups excluding carboxylic acids is 1. The number of thiazole rings is 1. The standard InChI is InChI=1S/C13H23N3OS/c1-9(2)10-8-18-12(15-10)16-11(17)6-7-14-13(3,4)5/h8-9,14H,6-7H2,1-5H3,(H,15,16,17). The third kappa shape index (κ3) is 5.60. The zero-order valence-corrected chi connectivity index (χ0v) is 12.6. The van der Waals surface area contributed by atoms with Crippen molar-refractivity contribution in [3.8, 4) is 0 Å². The monoisotopic (exact) mass is 269 g/mol. The summed E-state index contributed by atoms with van der Waals surface area (Å²) in [6, 6.07) is 0. The normalized spacial score (nSPS) is 11.9. The number of rotatable bonds is 5. The van der Waals surface area contributed by atoms with E-state index in [1.807, 2.05) is 5.38 Å². The molecule has 1 amide bonds. The van der Waals surface area contributed by atoms with Crippen molar-refractivity contribution in [2.24, 2.45) is 0 Å². The molecule has 0 atom stereocenters. The lowest BCUT2D eigenvalue weighted by Gasteiger charge is -2.19. The van der Waals surface area contributed by atoms with Gasteiger partial charge in [-0.3, -0.25) is 4.79 Å². The van der Waals surface area contributed by atoms with Gasteiger partial charge >= 0.3 is 0 Å². The van der Waals surface area contributed by atoms with E-state index in [0.717, 1.165) is 5.69 Å². The molecule has 1 aromatic heterocycles. The fraction of sp³-hybridized carbons (Fsp3) is 0.692. The fourth-order valence-corrected chi connectivity index (χ4v) is 2.23. The highest BCUT2D eigenvalue weighted by Gasteiger charge is 2.11. The first-order chi connectivity index (χ1) is 8.28. The molecule has 1 rings (SSSR count). The van der Waals surface area contributed by atoms with Crippen LogP contribution in [0.1, 0.15) is 52.7 Å². The van der Waals surface area contributed by atoms with Gasteiger partial charge in [0.2, 0.25) is 5.91 Å². The summed E-state index contributed by atoms with van der Waals surface area (Å²) in [7, 11) is 0. The van der Waals surface area contributed by atoms with Crippen LogP contribution >= 0.6 is 11.3 Å². The summed E-state index contributed by atoms with van der Waals surface area (Å²) < 4.78 is 0. The molecule has 1 aromatic rings. The van der Waals surface area contributed by atoms with E-state index in [9.17, 15) is 4.79 Å². The summed E-state index contributed by atoms with van der Waals surface area (Å²) in [6.45, 7) is 11.1. The Bertz CT molecular complexity index is 393. The van der Waals surface area contributed by atoms with Gasteiger partial charge in [0, 0.05) is 23.9 Å². The molecule has 1 heterocycles. The van der Waals surface area contributed by atoms with Crippen LogP contribution in [-0.4, -0.2) is 23.0 Å². The molecule has 0 radical (unpaired) electrons. The van der Waals surface area contributed by atoms with Crippen molar-refractivity contribution in [3.63, 3.8) is 0 Å². The average molecular weight is 269 g/mol. The van der Waals surface area contributed by atoms with Gasteiger partial charge in [-0.1, -0.05) is 13.8 Å². The molecule has 0 bridgehead atoms. The molecule has 0 unspecified atom stereocenters. The Labute approximate surface area is 113 Å². The quantitative estimate of drug-likeness (QED) is 0.864. The van der Waals surface area contributed by atoms with Crippen molar-refractivity contribution in [3.05, 3.63) is 11.1 Å². The first-order valence-electron chi connectivity index (χ1n) is 6.28. The number of anilines is 1. The first-order valence-corrected chi connectivity index (χ1v) is 7.16. The van der Waals surface area contributed by atoms with E-state index in [1.165, 1.54) is 11.3 Å². The van der Waals surface area contributed by atoms with E-state index in [-0.39, 0.29) is 11.4 Å². The third-order valence-corrected chi connectivity index (χ3v) is 3.14. The number of nitrogens with one attached hydrogen (secondary N) is 2. The second-order valence-corrected chi connectivity index (χ2v) is 6.57. The van der Waals surface area contributed by atoms with Crippen molar-refractivity contribution in [2.45, 2.75) is 52.5 Å². The predicted molar refractivity (Wildman–Crippen MR) is 77.2 cm³/mol. The Morgan fingerprint density at radius 2 is 2.11 bits per heavy atom. The topological polar surface area (TPSA) is 54.0 Å². The molecule has 0 aromatic carbocycles. The van der Waals surface area contributed by atoms with Crippen LogP contribution in [0.2, 0.25) is 0 Å². The molecule has 102 valence electrons. The Hall–Kier alpha value is -0.940. The lowest BCUT2D eigenvalue weighted by molar-refractivity contribution is -0.116. The highest BCUT2D eigenvalue weighted by atomic mass is 32.1. The minimum absolute atomic E-state index is 0.0106. The van der Waals surface area contributed by atoms with E-state index >= 15 is 0 Å². The lowest BCUT2D eigenvalue weighted by atomic mass is 10.1. The van der Waals surface area contributed by atoms with Crippen molar-refractivity contribution in [1.82, 2.24) is 10.3 Å². The van der Waals surface area contributed by atoms with Crippen molar-refractivity contribution in [2.75, 3.05) is 11.9 Å². The number of carbonyl (C=O) groups is 1. The molecule has 0 aliphatic rings. The van der Waals surface area contributed by atoms with Gasteiger partial charge in [0.1, 0.15) is 0 Å². The van der Waals surface area contributed by atoms with Crippen LogP contribution in [0, 0.1) is 0 Å². The van der Waals surface area contributed by atoms with Crippen LogP contribution < -0.4 is 10.6 Å². The smallest absolute Gasteiger partial charge is 0.227 e. The third-order valence-electron chi connectivity index (χ3n) is 2.37. The predicted octanol–water partition coefficient (Wildman–Crippen LogP) is 2.98. The summed E-state index contributed by atoms with van der Waals surface area (Å²) in [5.41, 5.74) is 1.08. The zero-order chi connectivity index (χ0) is 13.8. The first kappa shape index (κ1) is 15.1. The molecule has 0 fully saturated rings. The Morgan fingerprint density at radius 3 is 2.61 bits per heavy atom. The minimum atomic E-state index is 0.0106. The van der Waals surface area contributed by atoms with E-state index < -0.39 is 0 Å². The summed E-state index contributed by atoms with van der Waals surface area (Å²) in [5.74, 6) is 0.408. The molecule has 0 aliphatic heterocycles. The maximum Gasteiger partial charge on any atom is 0.227 e. The minimum Gasteiger partial charge on any atom is -0.312 e. The molecule has 4 nitrogen and oxygen atoms in total. The van der Waals surface area contributed by atoms with Crippen LogP contribution in [0.15, 0.2) is 5.38 Å². The summed E-state index contributed by atoms with van der Waals surface area (Å²) in [5, 5.41) is 8.80. The van der Waals surface area contributed by atoms with Crippen LogP contribution in [-0.2, 0) is 4.79 Å². The van der Waals surface area contributed by atoms with Gasteiger partial charge in [-0.25, -0.2) is 4.98 Å². The fourth-order valence-electron chi connectivity index (χ4n) is 1.34. The molecule has 5 heteroatoms. The van der Waals surface area contributed by atoms with Gasteiger partial charge in [0.15, 0.2) is 5.13 Å². The second-order valence-electron chi connectivity index (χ2n) is 5.71. The Kier molecular flexibility index (Phi) is 5.28. The molecular formula is C13H23N3OS. The van der Waals surface area contributed by atoms with Crippen LogP contribution in [0.5, 0.6) is 0 Å². The second kappa shape index (κ2) is 6.29. The summed E-state index contributed by atoms with van der Waals surface area (Å²) in [6.07, 6.45) is 0.466. The number of hydrogen-bond acceptors (Lipinski definition) is 4. The highest BCUT2D eigenvalue weighted by molar-refractivity contribution is 7.13. The van der Waals surface area contributed by atoms with Crippen molar-refractivity contribution >= 4 is 22.4 Å². The van der Waals surface area contributed by atoms with Gasteiger partial charge in [-0.15, -0.1) is 11.3 Å². The van der Waals surface area contributed by atoms with Gasteiger partial charge in [0.25, 0.3) is 0 Å². The molecule has 0 saturated carbocycles. The number of amides is 1. The van der Waals surface area contributed by atoms with E-state index in [0.29, 0.717) is 24.0 Å². The molecule has 18 heavy (non-hydrogen) atoms. The van der Waals surface area contributed by atoms with Gasteiger partial charge in [0.05, 0.1) is 5.69 Å². The number of hydrogen-bond donors (Lipinski definition) is 2. The van der Waals surface area contributed by atoms with Crippen molar-refractivity contribution in [1.29, 1.82) is 0 Å². The summed E-state index contributed by atoms with van der Waals surface area (Å²) in [4.78, 5) is 16.1. The molecule has 0 saturated heterocycles.